The third-order valence-electron chi connectivity index (χ3n) is 2.84. The second kappa shape index (κ2) is 9.00. The topological polar surface area (TPSA) is 52.6 Å². The summed E-state index contributed by atoms with van der Waals surface area (Å²) in [4.78, 5) is 13.5. The first-order valence-electron chi connectivity index (χ1n) is 6.85. The van der Waals surface area contributed by atoms with E-state index in [4.69, 9.17) is 5.11 Å². The van der Waals surface area contributed by atoms with Gasteiger partial charge < -0.3 is 15.3 Å². The minimum atomic E-state index is -0.136. The third-order valence-corrected chi connectivity index (χ3v) is 2.84. The van der Waals surface area contributed by atoms with Gasteiger partial charge in [-0.1, -0.05) is 37.3 Å². The monoisotopic (exact) mass is 274 g/mol. The Hall–Kier alpha value is -1.99. The SMILES string of the molecule is CCCCNC(=O)N(C)Cc1ccc(C#CCO)cc1. The van der Waals surface area contributed by atoms with Crippen molar-refractivity contribution in [3.63, 3.8) is 0 Å². The maximum absolute atomic E-state index is 11.8. The number of unbranched alkanes of at least 4 members (excludes halogenated alkanes) is 1. The molecule has 1 aromatic carbocycles. The number of aliphatic hydroxyl groups is 1. The molecule has 0 aromatic heterocycles. The highest BCUT2D eigenvalue weighted by Gasteiger charge is 2.07. The molecule has 2 N–H and O–H groups in total. The molecule has 0 bridgehead atoms. The fourth-order valence-electron chi connectivity index (χ4n) is 1.69. The normalized spacial score (nSPS) is 9.55. The third kappa shape index (κ3) is 5.77. The van der Waals surface area contributed by atoms with E-state index in [1.807, 2.05) is 24.3 Å². The summed E-state index contributed by atoms with van der Waals surface area (Å²) in [7, 11) is 1.78. The second-order valence-electron chi connectivity index (χ2n) is 4.60. The number of rotatable bonds is 5. The highest BCUT2D eigenvalue weighted by Crippen LogP contribution is 2.06. The number of benzene rings is 1. The lowest BCUT2D eigenvalue weighted by Crippen LogP contribution is -2.37. The molecule has 1 rings (SSSR count). The van der Waals surface area contributed by atoms with Crippen molar-refractivity contribution in [2.24, 2.45) is 0 Å². The summed E-state index contributed by atoms with van der Waals surface area (Å²) >= 11 is 0. The summed E-state index contributed by atoms with van der Waals surface area (Å²) in [6.45, 7) is 3.24. The molecule has 0 radical (unpaired) electrons. The molecule has 0 saturated heterocycles. The van der Waals surface area contributed by atoms with Crippen LogP contribution in [0.3, 0.4) is 0 Å². The van der Waals surface area contributed by atoms with E-state index in [2.05, 4.69) is 24.1 Å². The van der Waals surface area contributed by atoms with Crippen molar-refractivity contribution in [3.8, 4) is 11.8 Å². The zero-order valence-corrected chi connectivity index (χ0v) is 12.1. The number of nitrogens with one attached hydrogen (secondary N) is 1. The van der Waals surface area contributed by atoms with Crippen molar-refractivity contribution in [1.82, 2.24) is 10.2 Å². The maximum Gasteiger partial charge on any atom is 0.317 e. The predicted molar refractivity (Wildman–Crippen MR) is 80.2 cm³/mol. The van der Waals surface area contributed by atoms with Crippen molar-refractivity contribution in [2.75, 3.05) is 20.2 Å². The Morgan fingerprint density at radius 3 is 2.65 bits per heavy atom. The number of hydrogen-bond donors (Lipinski definition) is 2. The lowest BCUT2D eigenvalue weighted by atomic mass is 10.1. The molecular formula is C16H22N2O2. The van der Waals surface area contributed by atoms with E-state index >= 15 is 0 Å². The van der Waals surface area contributed by atoms with Crippen LogP contribution in [0.1, 0.15) is 30.9 Å². The summed E-state index contributed by atoms with van der Waals surface area (Å²) in [5.41, 5.74) is 1.91. The number of aliphatic hydroxyl groups excluding tert-OH is 1. The molecule has 108 valence electrons. The van der Waals surface area contributed by atoms with E-state index in [0.29, 0.717) is 6.54 Å². The van der Waals surface area contributed by atoms with Gasteiger partial charge in [-0.3, -0.25) is 0 Å². The molecule has 20 heavy (non-hydrogen) atoms. The molecule has 0 aliphatic rings. The Morgan fingerprint density at radius 2 is 2.05 bits per heavy atom. The fourth-order valence-corrected chi connectivity index (χ4v) is 1.69. The van der Waals surface area contributed by atoms with Crippen LogP contribution in [-0.4, -0.2) is 36.2 Å². The average molecular weight is 274 g/mol. The van der Waals surface area contributed by atoms with Gasteiger partial charge in [0.25, 0.3) is 0 Å². The lowest BCUT2D eigenvalue weighted by molar-refractivity contribution is 0.207. The largest absolute Gasteiger partial charge is 0.384 e. The quantitative estimate of drug-likeness (QED) is 0.637. The van der Waals surface area contributed by atoms with Crippen LogP contribution >= 0.6 is 0 Å². The first-order chi connectivity index (χ1) is 9.67. The minimum absolute atomic E-state index is 0.0531. The Morgan fingerprint density at radius 1 is 1.35 bits per heavy atom. The van der Waals surface area contributed by atoms with E-state index in [9.17, 15) is 4.79 Å². The molecule has 0 fully saturated rings. The Bertz CT molecular complexity index is 471. The minimum Gasteiger partial charge on any atom is -0.384 e. The average Bonchev–Trinajstić information content (AvgIpc) is 2.46. The van der Waals surface area contributed by atoms with Gasteiger partial charge in [0.15, 0.2) is 0 Å². The highest BCUT2D eigenvalue weighted by atomic mass is 16.2. The van der Waals surface area contributed by atoms with Gasteiger partial charge in [-0.05, 0) is 24.1 Å². The Labute approximate surface area is 120 Å². The van der Waals surface area contributed by atoms with E-state index in [1.165, 1.54) is 0 Å². The molecule has 4 heteroatoms. The van der Waals surface area contributed by atoms with E-state index < -0.39 is 0 Å². The van der Waals surface area contributed by atoms with Gasteiger partial charge in [0.05, 0.1) is 0 Å². The van der Waals surface area contributed by atoms with Crippen LogP contribution in [0.15, 0.2) is 24.3 Å². The standard InChI is InChI=1S/C16H22N2O2/c1-3-4-11-17-16(20)18(2)13-15-9-7-14(8-10-15)6-5-12-19/h7-10,19H,3-4,11-13H2,1-2H3,(H,17,20). The maximum atomic E-state index is 11.8. The van der Waals surface area contributed by atoms with Crippen LogP contribution in [0.4, 0.5) is 4.79 Å². The van der Waals surface area contributed by atoms with Crippen LogP contribution in [0.5, 0.6) is 0 Å². The molecular weight excluding hydrogens is 252 g/mol. The van der Waals surface area contributed by atoms with Gasteiger partial charge in [-0.2, -0.15) is 0 Å². The number of amides is 2. The summed E-state index contributed by atoms with van der Waals surface area (Å²) in [6.07, 6.45) is 2.07. The van der Waals surface area contributed by atoms with Crippen LogP contribution in [-0.2, 0) is 6.54 Å². The molecule has 2 amide bonds. The van der Waals surface area contributed by atoms with Crippen LogP contribution in [0.25, 0.3) is 0 Å². The highest BCUT2D eigenvalue weighted by molar-refractivity contribution is 5.73. The van der Waals surface area contributed by atoms with E-state index in [0.717, 1.165) is 30.5 Å². The zero-order valence-electron chi connectivity index (χ0n) is 12.1. The first-order valence-corrected chi connectivity index (χ1v) is 6.85. The molecule has 1 aromatic rings. The van der Waals surface area contributed by atoms with Gasteiger partial charge in [0.1, 0.15) is 6.61 Å². The molecule has 0 spiro atoms. The van der Waals surface area contributed by atoms with Gasteiger partial charge in [0.2, 0.25) is 0 Å². The predicted octanol–water partition coefficient (Wildman–Crippen LogP) is 1.97. The van der Waals surface area contributed by atoms with E-state index in [1.54, 1.807) is 11.9 Å². The van der Waals surface area contributed by atoms with Crippen LogP contribution in [0, 0.1) is 11.8 Å². The molecule has 0 aliphatic carbocycles. The number of nitrogens with zero attached hydrogens (tertiary/aromatic N) is 1. The first kappa shape index (κ1) is 16.1. The van der Waals surface area contributed by atoms with Crippen molar-refractivity contribution in [3.05, 3.63) is 35.4 Å². The molecule has 4 nitrogen and oxygen atoms in total. The van der Waals surface area contributed by atoms with Gasteiger partial charge in [-0.25, -0.2) is 4.79 Å². The smallest absolute Gasteiger partial charge is 0.317 e. The number of carbonyl (C=O) groups is 1. The van der Waals surface area contributed by atoms with Gasteiger partial charge in [0, 0.05) is 25.7 Å². The summed E-state index contributed by atoms with van der Waals surface area (Å²) < 4.78 is 0. The summed E-state index contributed by atoms with van der Waals surface area (Å²) in [6, 6.07) is 7.61. The summed E-state index contributed by atoms with van der Waals surface area (Å²) in [5.74, 6) is 5.44. The lowest BCUT2D eigenvalue weighted by Gasteiger charge is -2.18. The molecule has 0 aliphatic heterocycles. The molecule has 0 saturated carbocycles. The van der Waals surface area contributed by atoms with E-state index in [-0.39, 0.29) is 12.6 Å². The van der Waals surface area contributed by atoms with Gasteiger partial charge >= 0.3 is 6.03 Å². The second-order valence-corrected chi connectivity index (χ2v) is 4.60. The van der Waals surface area contributed by atoms with Gasteiger partial charge in [-0.15, -0.1) is 0 Å². The Kier molecular flexibility index (Phi) is 7.23. The molecule has 0 unspecified atom stereocenters. The van der Waals surface area contributed by atoms with Crippen molar-refractivity contribution < 1.29 is 9.90 Å². The molecule has 0 atom stereocenters. The fraction of sp³-hybridized carbons (Fsp3) is 0.438. The zero-order chi connectivity index (χ0) is 14.8. The van der Waals surface area contributed by atoms with Crippen molar-refractivity contribution >= 4 is 6.03 Å². The van der Waals surface area contributed by atoms with Crippen molar-refractivity contribution in [2.45, 2.75) is 26.3 Å². The summed E-state index contributed by atoms with van der Waals surface area (Å²) in [5, 5.41) is 11.5. The van der Waals surface area contributed by atoms with Crippen molar-refractivity contribution in [1.29, 1.82) is 0 Å². The number of hydrogen-bond acceptors (Lipinski definition) is 2. The Balaban J connectivity index is 2.49. The number of carbonyl (C=O) groups excluding carboxylic acids is 1. The number of urea groups is 1. The molecule has 0 heterocycles. The van der Waals surface area contributed by atoms with Crippen LogP contribution < -0.4 is 5.32 Å². The van der Waals surface area contributed by atoms with Crippen LogP contribution in [0.2, 0.25) is 0 Å².